The Balaban J connectivity index is 0.000000148. The quantitative estimate of drug-likeness (QED) is 0.465. The zero-order valence-corrected chi connectivity index (χ0v) is 8.38. The topological polar surface area (TPSA) is 0 Å². The van der Waals surface area contributed by atoms with E-state index in [-0.39, 0.29) is 15.1 Å². The molecule has 3 heteroatoms. The molecule has 0 aromatic heterocycles. The third kappa shape index (κ3) is 2.38. The van der Waals surface area contributed by atoms with E-state index in [1.807, 2.05) is 0 Å². The van der Waals surface area contributed by atoms with Crippen LogP contribution in [0.5, 0.6) is 0 Å². The standard InChI is InChI=1S/C7H6.2ClH.Ru/c1-2-7-4-3-6(1)5-7;;;/h1,3,6-7H,5H2;2*1H;/q-2;;;+4/p-2. The van der Waals surface area contributed by atoms with E-state index in [1.54, 1.807) is 0 Å². The zero-order valence-electron chi connectivity index (χ0n) is 5.13. The second-order valence-corrected chi connectivity index (χ2v) is 4.81. The van der Waals surface area contributed by atoms with Crippen molar-refractivity contribution in [2.45, 2.75) is 6.42 Å². The Morgan fingerprint density at radius 1 is 1.30 bits per heavy atom. The van der Waals surface area contributed by atoms with Crippen molar-refractivity contribution in [3.63, 3.8) is 0 Å². The van der Waals surface area contributed by atoms with Gasteiger partial charge in [0.1, 0.15) is 0 Å². The fraction of sp³-hybridized carbons (Fsp3) is 0.429. The minimum atomic E-state index is -0.346. The van der Waals surface area contributed by atoms with Gasteiger partial charge in [0.05, 0.1) is 0 Å². The molecule has 0 radical (unpaired) electrons. The van der Waals surface area contributed by atoms with Gasteiger partial charge in [-0.1, -0.05) is 12.3 Å². The summed E-state index contributed by atoms with van der Waals surface area (Å²) in [7, 11) is 9.71. The van der Waals surface area contributed by atoms with Gasteiger partial charge in [0.2, 0.25) is 0 Å². The van der Waals surface area contributed by atoms with Crippen LogP contribution in [0.3, 0.4) is 0 Å². The average Bonchev–Trinajstić information content (AvgIpc) is 2.49. The van der Waals surface area contributed by atoms with Crippen molar-refractivity contribution < 1.29 is 15.1 Å². The summed E-state index contributed by atoms with van der Waals surface area (Å²) in [5, 5.41) is 0. The number of fused-ring (bicyclic) bond motifs is 2. The molecule has 0 fully saturated rings. The number of hydrogen-bond donors (Lipinski definition) is 0. The molecule has 0 spiro atoms. The fourth-order valence-electron chi connectivity index (χ4n) is 1.12. The van der Waals surface area contributed by atoms with E-state index in [0.29, 0.717) is 11.8 Å². The molecule has 2 aliphatic carbocycles. The molecule has 0 aromatic rings. The van der Waals surface area contributed by atoms with Crippen LogP contribution in [0.25, 0.3) is 0 Å². The fourth-order valence-corrected chi connectivity index (χ4v) is 1.12. The molecule has 0 heterocycles. The third-order valence-electron chi connectivity index (χ3n) is 1.53. The van der Waals surface area contributed by atoms with Crippen LogP contribution in [0.15, 0.2) is 12.2 Å². The molecule has 0 aliphatic heterocycles. The van der Waals surface area contributed by atoms with E-state index >= 15 is 0 Å². The number of rotatable bonds is 0. The monoisotopic (exact) mass is 262 g/mol. The summed E-state index contributed by atoms with van der Waals surface area (Å²) in [4.78, 5) is 0. The van der Waals surface area contributed by atoms with E-state index in [4.69, 9.17) is 19.4 Å². The van der Waals surface area contributed by atoms with Crippen LogP contribution in [-0.2, 0) is 15.1 Å². The Morgan fingerprint density at radius 2 is 1.80 bits per heavy atom. The molecule has 0 N–H and O–H groups in total. The minimum absolute atomic E-state index is 0.346. The van der Waals surface area contributed by atoms with Crippen molar-refractivity contribution in [3.05, 3.63) is 24.3 Å². The molecule has 2 aliphatic rings. The first kappa shape index (κ1) is 8.78. The average molecular weight is 262 g/mol. The molecule has 0 saturated heterocycles. The number of hydrogen-bond acceptors (Lipinski definition) is 0. The molecular weight excluding hydrogens is 256 g/mol. The third-order valence-corrected chi connectivity index (χ3v) is 1.53. The summed E-state index contributed by atoms with van der Waals surface area (Å²) in [5.74, 6) is 1.26. The Morgan fingerprint density at radius 3 is 1.90 bits per heavy atom. The molecule has 0 nitrogen and oxygen atoms in total. The Bertz CT molecular complexity index is 126. The molecule has 0 atom stereocenters. The maximum atomic E-state index is 4.85. The van der Waals surface area contributed by atoms with Crippen LogP contribution >= 0.6 is 19.4 Å². The van der Waals surface area contributed by atoms with Crippen molar-refractivity contribution in [1.82, 2.24) is 0 Å². The van der Waals surface area contributed by atoms with Crippen molar-refractivity contribution in [2.75, 3.05) is 0 Å². The Labute approximate surface area is 77.0 Å². The van der Waals surface area contributed by atoms with Crippen LogP contribution in [0.1, 0.15) is 6.42 Å². The van der Waals surface area contributed by atoms with Crippen LogP contribution in [0, 0.1) is 24.0 Å². The predicted molar refractivity (Wildman–Crippen MR) is 38.9 cm³/mol. The maximum absolute atomic E-state index is 4.85. The first-order chi connectivity index (χ1) is 4.86. The molecule has 10 heavy (non-hydrogen) atoms. The summed E-state index contributed by atoms with van der Waals surface area (Å²) in [6.07, 6.45) is 11.9. The van der Waals surface area contributed by atoms with E-state index in [1.165, 1.54) is 6.42 Å². The molecule has 0 amide bonds. The van der Waals surface area contributed by atoms with Gasteiger partial charge in [-0.15, -0.1) is 0 Å². The SMILES string of the molecule is [C-]1=CC2C=[C-]C1C2.[Cl][Ru+2][Cl]. The first-order valence-corrected chi connectivity index (χ1v) is 7.38. The molecule has 56 valence electrons. The second kappa shape index (κ2) is 4.54. The van der Waals surface area contributed by atoms with Gasteiger partial charge in [-0.3, -0.25) is 12.2 Å². The van der Waals surface area contributed by atoms with Gasteiger partial charge in [-0.05, 0) is 0 Å². The molecule has 0 unspecified atom stereocenters. The van der Waals surface area contributed by atoms with Crippen LogP contribution in [-0.4, -0.2) is 0 Å². The zero-order chi connectivity index (χ0) is 7.40. The van der Waals surface area contributed by atoms with Crippen molar-refractivity contribution >= 4 is 19.4 Å². The van der Waals surface area contributed by atoms with E-state index < -0.39 is 0 Å². The molecular formula is C7H6Cl2Ru. The normalized spacial score (nSPS) is 32.2. The van der Waals surface area contributed by atoms with E-state index in [2.05, 4.69) is 24.3 Å². The van der Waals surface area contributed by atoms with Gasteiger partial charge in [0.15, 0.2) is 0 Å². The van der Waals surface area contributed by atoms with Crippen molar-refractivity contribution in [3.8, 4) is 0 Å². The molecule has 2 rings (SSSR count). The van der Waals surface area contributed by atoms with Crippen LogP contribution < -0.4 is 0 Å². The summed E-state index contributed by atoms with van der Waals surface area (Å²) in [6.45, 7) is 0. The van der Waals surface area contributed by atoms with Crippen molar-refractivity contribution in [2.24, 2.45) is 11.8 Å². The molecule has 2 bridgehead atoms. The predicted octanol–water partition coefficient (Wildman–Crippen LogP) is 2.73. The van der Waals surface area contributed by atoms with Gasteiger partial charge in [-0.25, -0.2) is 0 Å². The summed E-state index contributed by atoms with van der Waals surface area (Å²) in [5.41, 5.74) is 0. The van der Waals surface area contributed by atoms with Gasteiger partial charge in [0.25, 0.3) is 0 Å². The van der Waals surface area contributed by atoms with Crippen molar-refractivity contribution in [1.29, 1.82) is 0 Å². The van der Waals surface area contributed by atoms with Gasteiger partial charge < -0.3 is 18.1 Å². The second-order valence-electron chi connectivity index (χ2n) is 2.17. The Hall–Kier alpha value is 0.683. The van der Waals surface area contributed by atoms with Gasteiger partial charge >= 0.3 is 34.5 Å². The number of allylic oxidation sites excluding steroid dienone is 4. The van der Waals surface area contributed by atoms with Crippen LogP contribution in [0.2, 0.25) is 0 Å². The summed E-state index contributed by atoms with van der Waals surface area (Å²) < 4.78 is 0. The van der Waals surface area contributed by atoms with Gasteiger partial charge in [-0.2, -0.15) is 0 Å². The van der Waals surface area contributed by atoms with E-state index in [0.717, 1.165) is 0 Å². The molecule has 0 saturated carbocycles. The number of halogens is 2. The van der Waals surface area contributed by atoms with Crippen LogP contribution in [0.4, 0.5) is 0 Å². The molecule has 0 aromatic carbocycles. The van der Waals surface area contributed by atoms with E-state index in [9.17, 15) is 0 Å². The summed E-state index contributed by atoms with van der Waals surface area (Å²) >= 11 is -0.346. The summed E-state index contributed by atoms with van der Waals surface area (Å²) in [6, 6.07) is 0. The first-order valence-electron chi connectivity index (χ1n) is 2.91. The Kier molecular flexibility index (Phi) is 3.98. The van der Waals surface area contributed by atoms with Gasteiger partial charge in [0, 0.05) is 0 Å².